The topological polar surface area (TPSA) is 46.2 Å². The van der Waals surface area contributed by atoms with Crippen LogP contribution in [0.4, 0.5) is 13.2 Å². The SMILES string of the molecule is CCCCCS(=O)(=O)CCNCC(F)(F)F. The molecule has 0 saturated heterocycles. The lowest BCUT2D eigenvalue weighted by Gasteiger charge is -2.08. The van der Waals surface area contributed by atoms with Crippen molar-refractivity contribution >= 4 is 9.84 Å². The molecular weight excluding hydrogens is 243 g/mol. The van der Waals surface area contributed by atoms with E-state index in [9.17, 15) is 21.6 Å². The molecule has 0 amide bonds. The van der Waals surface area contributed by atoms with E-state index in [1.165, 1.54) is 0 Å². The van der Waals surface area contributed by atoms with Crippen molar-refractivity contribution in [2.24, 2.45) is 0 Å². The Morgan fingerprint density at radius 2 is 1.75 bits per heavy atom. The Morgan fingerprint density at radius 1 is 1.12 bits per heavy atom. The predicted molar refractivity (Wildman–Crippen MR) is 57.1 cm³/mol. The molecule has 98 valence electrons. The van der Waals surface area contributed by atoms with E-state index in [1.54, 1.807) is 0 Å². The highest BCUT2D eigenvalue weighted by atomic mass is 32.2. The molecule has 0 heterocycles. The second kappa shape index (κ2) is 7.11. The van der Waals surface area contributed by atoms with E-state index >= 15 is 0 Å². The Morgan fingerprint density at radius 3 is 2.25 bits per heavy atom. The molecule has 0 saturated carbocycles. The van der Waals surface area contributed by atoms with Crippen LogP contribution >= 0.6 is 0 Å². The number of hydrogen-bond acceptors (Lipinski definition) is 3. The van der Waals surface area contributed by atoms with Crippen LogP contribution in [0.3, 0.4) is 0 Å². The first-order valence-corrected chi connectivity index (χ1v) is 7.07. The van der Waals surface area contributed by atoms with E-state index in [0.29, 0.717) is 6.42 Å². The highest BCUT2D eigenvalue weighted by Crippen LogP contribution is 2.11. The van der Waals surface area contributed by atoms with Crippen molar-refractivity contribution in [3.63, 3.8) is 0 Å². The third-order valence-electron chi connectivity index (χ3n) is 1.97. The molecule has 3 nitrogen and oxygen atoms in total. The van der Waals surface area contributed by atoms with Crippen LogP contribution in [0.25, 0.3) is 0 Å². The van der Waals surface area contributed by atoms with Gasteiger partial charge in [0.25, 0.3) is 0 Å². The molecule has 0 aliphatic rings. The van der Waals surface area contributed by atoms with Gasteiger partial charge in [-0.25, -0.2) is 8.42 Å². The van der Waals surface area contributed by atoms with E-state index in [0.717, 1.165) is 12.8 Å². The summed E-state index contributed by atoms with van der Waals surface area (Å²) in [5, 5.41) is 2.07. The van der Waals surface area contributed by atoms with Gasteiger partial charge in [-0.3, -0.25) is 0 Å². The molecule has 0 aliphatic heterocycles. The highest BCUT2D eigenvalue weighted by Gasteiger charge is 2.26. The van der Waals surface area contributed by atoms with Gasteiger partial charge >= 0.3 is 6.18 Å². The molecular formula is C9H18F3NO2S. The number of hydrogen-bond donors (Lipinski definition) is 1. The number of sulfone groups is 1. The zero-order chi connectivity index (χ0) is 12.7. The summed E-state index contributed by atoms with van der Waals surface area (Å²) in [6.45, 7) is 0.670. The van der Waals surface area contributed by atoms with Crippen LogP contribution in [0.5, 0.6) is 0 Å². The van der Waals surface area contributed by atoms with Crippen molar-refractivity contribution in [3.05, 3.63) is 0 Å². The molecule has 16 heavy (non-hydrogen) atoms. The van der Waals surface area contributed by atoms with E-state index in [1.807, 2.05) is 6.92 Å². The maximum atomic E-state index is 11.7. The Labute approximate surface area is 94.3 Å². The second-order valence-electron chi connectivity index (χ2n) is 3.65. The Balaban J connectivity index is 3.67. The molecule has 0 radical (unpaired) electrons. The van der Waals surface area contributed by atoms with Gasteiger partial charge in [0.15, 0.2) is 9.84 Å². The predicted octanol–water partition coefficient (Wildman–Crippen LogP) is 1.74. The van der Waals surface area contributed by atoms with Gasteiger partial charge < -0.3 is 5.32 Å². The highest BCUT2D eigenvalue weighted by molar-refractivity contribution is 7.91. The minimum absolute atomic E-state index is 0.0640. The third-order valence-corrected chi connectivity index (χ3v) is 3.71. The lowest BCUT2D eigenvalue weighted by molar-refractivity contribution is -0.124. The van der Waals surface area contributed by atoms with Crippen molar-refractivity contribution in [1.82, 2.24) is 5.32 Å². The maximum absolute atomic E-state index is 11.7. The van der Waals surface area contributed by atoms with Gasteiger partial charge in [0.1, 0.15) is 0 Å². The van der Waals surface area contributed by atoms with Crippen molar-refractivity contribution in [1.29, 1.82) is 0 Å². The van der Waals surface area contributed by atoms with Crippen LogP contribution in [0.2, 0.25) is 0 Å². The van der Waals surface area contributed by atoms with Gasteiger partial charge in [0.05, 0.1) is 18.1 Å². The molecule has 7 heteroatoms. The first-order valence-electron chi connectivity index (χ1n) is 5.25. The molecule has 0 aromatic heterocycles. The van der Waals surface area contributed by atoms with Gasteiger partial charge in [-0.15, -0.1) is 0 Å². The summed E-state index contributed by atoms with van der Waals surface area (Å²) in [6.07, 6.45) is -1.96. The van der Waals surface area contributed by atoms with E-state index in [4.69, 9.17) is 0 Å². The second-order valence-corrected chi connectivity index (χ2v) is 5.95. The summed E-state index contributed by atoms with van der Waals surface area (Å²) >= 11 is 0. The van der Waals surface area contributed by atoms with Crippen molar-refractivity contribution in [3.8, 4) is 0 Å². The van der Waals surface area contributed by atoms with Crippen LogP contribution in [-0.4, -0.2) is 39.2 Å². The average Bonchev–Trinajstić information content (AvgIpc) is 2.11. The largest absolute Gasteiger partial charge is 0.401 e. The van der Waals surface area contributed by atoms with Crippen molar-refractivity contribution < 1.29 is 21.6 Å². The normalized spacial score (nSPS) is 13.0. The third kappa shape index (κ3) is 10.2. The molecule has 0 atom stereocenters. The number of alkyl halides is 3. The summed E-state index contributed by atoms with van der Waals surface area (Å²) in [6, 6.07) is 0. The van der Waals surface area contributed by atoms with Crippen LogP contribution in [0, 0.1) is 0 Å². The summed E-state index contributed by atoms with van der Waals surface area (Å²) in [5.74, 6) is -0.165. The Hall–Kier alpha value is -0.300. The van der Waals surface area contributed by atoms with E-state index < -0.39 is 22.6 Å². The Kier molecular flexibility index (Phi) is 6.98. The quantitative estimate of drug-likeness (QED) is 0.677. The zero-order valence-electron chi connectivity index (χ0n) is 9.31. The van der Waals surface area contributed by atoms with Crippen LogP contribution in [-0.2, 0) is 9.84 Å². The molecule has 0 rings (SSSR count). The summed E-state index contributed by atoms with van der Waals surface area (Å²) in [5.41, 5.74) is 0. The molecule has 0 bridgehead atoms. The van der Waals surface area contributed by atoms with Gasteiger partial charge in [-0.2, -0.15) is 13.2 Å². The minimum atomic E-state index is -4.29. The molecule has 1 N–H and O–H groups in total. The van der Waals surface area contributed by atoms with Gasteiger partial charge in [-0.05, 0) is 6.42 Å². The summed E-state index contributed by atoms with van der Waals surface area (Å²) in [4.78, 5) is 0. The van der Waals surface area contributed by atoms with Crippen LogP contribution < -0.4 is 5.32 Å². The number of rotatable bonds is 8. The molecule has 0 unspecified atom stereocenters. The molecule has 0 aliphatic carbocycles. The summed E-state index contributed by atoms with van der Waals surface area (Å²) in [7, 11) is -3.20. The fraction of sp³-hybridized carbons (Fsp3) is 1.00. The van der Waals surface area contributed by atoms with Crippen molar-refractivity contribution in [2.45, 2.75) is 32.4 Å². The lowest BCUT2D eigenvalue weighted by Crippen LogP contribution is -2.32. The fourth-order valence-corrected chi connectivity index (χ4v) is 2.44. The first kappa shape index (κ1) is 15.7. The van der Waals surface area contributed by atoms with E-state index in [-0.39, 0.29) is 18.1 Å². The first-order chi connectivity index (χ1) is 7.27. The van der Waals surface area contributed by atoms with Gasteiger partial charge in [0.2, 0.25) is 0 Å². The molecule has 0 fully saturated rings. The monoisotopic (exact) mass is 261 g/mol. The maximum Gasteiger partial charge on any atom is 0.401 e. The lowest BCUT2D eigenvalue weighted by atomic mass is 10.3. The minimum Gasteiger partial charge on any atom is -0.308 e. The number of halogens is 3. The summed E-state index contributed by atoms with van der Waals surface area (Å²) < 4.78 is 57.8. The Bertz CT molecular complexity index is 275. The smallest absolute Gasteiger partial charge is 0.308 e. The van der Waals surface area contributed by atoms with Gasteiger partial charge in [-0.1, -0.05) is 19.8 Å². The zero-order valence-corrected chi connectivity index (χ0v) is 10.1. The fourth-order valence-electron chi connectivity index (χ4n) is 1.13. The van der Waals surface area contributed by atoms with Crippen LogP contribution in [0.15, 0.2) is 0 Å². The van der Waals surface area contributed by atoms with Crippen LogP contribution in [0.1, 0.15) is 26.2 Å². The molecule has 0 aromatic rings. The van der Waals surface area contributed by atoms with E-state index in [2.05, 4.69) is 5.32 Å². The number of nitrogens with one attached hydrogen (secondary N) is 1. The van der Waals surface area contributed by atoms with Crippen molar-refractivity contribution in [2.75, 3.05) is 24.6 Å². The van der Waals surface area contributed by atoms with Gasteiger partial charge in [0, 0.05) is 6.54 Å². The average molecular weight is 261 g/mol. The number of unbranched alkanes of at least 4 members (excludes halogenated alkanes) is 2. The molecule has 0 aromatic carbocycles. The standard InChI is InChI=1S/C9H18F3NO2S/c1-2-3-4-6-16(14,15)7-5-13-8-9(10,11)12/h13H,2-8H2,1H3. The molecule has 0 spiro atoms.